The number of anilines is 1. The van der Waals surface area contributed by atoms with Gasteiger partial charge >= 0.3 is 0 Å². The van der Waals surface area contributed by atoms with E-state index < -0.39 is 10.0 Å². The van der Waals surface area contributed by atoms with Crippen molar-refractivity contribution in [2.75, 3.05) is 17.9 Å². The SMILES string of the molecule is CCOc1ccc(OCC)c(S(=O)(=O)Nc2ccc(Oc3ccc(-n4ccnc4)nn3)cc2)c1. The molecule has 0 saturated heterocycles. The average Bonchev–Trinajstić information content (AvgIpc) is 3.37. The van der Waals surface area contributed by atoms with E-state index in [0.717, 1.165) is 0 Å². The number of sulfonamides is 1. The number of hydrogen-bond acceptors (Lipinski definition) is 8. The smallest absolute Gasteiger partial charge is 0.265 e. The van der Waals surface area contributed by atoms with Gasteiger partial charge in [-0.1, -0.05) is 0 Å². The highest BCUT2D eigenvalue weighted by molar-refractivity contribution is 7.92. The summed E-state index contributed by atoms with van der Waals surface area (Å²) in [6, 6.07) is 14.6. The monoisotopic (exact) mass is 481 g/mol. The maximum atomic E-state index is 13.1. The number of imidazole rings is 1. The predicted octanol–water partition coefficient (Wildman–Crippen LogP) is 4.05. The summed E-state index contributed by atoms with van der Waals surface area (Å²) in [6.07, 6.45) is 5.03. The summed E-state index contributed by atoms with van der Waals surface area (Å²) in [5.41, 5.74) is 0.359. The maximum absolute atomic E-state index is 13.1. The molecule has 2 aromatic heterocycles. The summed E-state index contributed by atoms with van der Waals surface area (Å²) in [6.45, 7) is 4.36. The lowest BCUT2D eigenvalue weighted by atomic mass is 10.3. The van der Waals surface area contributed by atoms with Gasteiger partial charge in [0.25, 0.3) is 10.0 Å². The minimum Gasteiger partial charge on any atom is -0.494 e. The van der Waals surface area contributed by atoms with Gasteiger partial charge in [0.15, 0.2) is 5.82 Å². The Hall–Kier alpha value is -4.12. The largest absolute Gasteiger partial charge is 0.494 e. The fraction of sp³-hybridized carbons (Fsp3) is 0.174. The molecule has 4 rings (SSSR count). The highest BCUT2D eigenvalue weighted by Gasteiger charge is 2.21. The molecule has 0 unspecified atom stereocenters. The Morgan fingerprint density at radius 2 is 1.68 bits per heavy atom. The van der Waals surface area contributed by atoms with Crippen LogP contribution in [-0.4, -0.2) is 41.4 Å². The number of ether oxygens (including phenoxy) is 3. The third-order valence-electron chi connectivity index (χ3n) is 4.54. The second-order valence-corrected chi connectivity index (χ2v) is 8.56. The molecule has 4 aromatic rings. The molecule has 0 aliphatic heterocycles. The zero-order chi connectivity index (χ0) is 24.0. The van der Waals surface area contributed by atoms with Gasteiger partial charge in [0.2, 0.25) is 5.88 Å². The molecule has 0 bridgehead atoms. The van der Waals surface area contributed by atoms with Crippen LogP contribution in [0.2, 0.25) is 0 Å². The van der Waals surface area contributed by atoms with Crippen molar-refractivity contribution >= 4 is 15.7 Å². The van der Waals surface area contributed by atoms with Gasteiger partial charge in [-0.25, -0.2) is 13.4 Å². The molecule has 34 heavy (non-hydrogen) atoms. The third kappa shape index (κ3) is 5.44. The van der Waals surface area contributed by atoms with Gasteiger partial charge in [-0.05, 0) is 56.3 Å². The number of benzene rings is 2. The minimum absolute atomic E-state index is 0.00566. The van der Waals surface area contributed by atoms with Crippen LogP contribution in [-0.2, 0) is 10.0 Å². The van der Waals surface area contributed by atoms with Crippen molar-refractivity contribution < 1.29 is 22.6 Å². The second-order valence-electron chi connectivity index (χ2n) is 6.91. The van der Waals surface area contributed by atoms with Gasteiger partial charge in [-0.2, -0.15) is 0 Å². The van der Waals surface area contributed by atoms with Crippen LogP contribution in [0.1, 0.15) is 13.8 Å². The van der Waals surface area contributed by atoms with Crippen LogP contribution in [0, 0.1) is 0 Å². The van der Waals surface area contributed by atoms with E-state index in [0.29, 0.717) is 42.1 Å². The summed E-state index contributed by atoms with van der Waals surface area (Å²) >= 11 is 0. The topological polar surface area (TPSA) is 117 Å². The predicted molar refractivity (Wildman–Crippen MR) is 125 cm³/mol. The Labute approximate surface area is 197 Å². The number of aromatic nitrogens is 4. The number of hydrogen-bond donors (Lipinski definition) is 1. The van der Waals surface area contributed by atoms with Crippen LogP contribution in [0.15, 0.2) is 78.2 Å². The van der Waals surface area contributed by atoms with Gasteiger partial charge in [0.1, 0.15) is 28.5 Å². The molecule has 1 N–H and O–H groups in total. The minimum atomic E-state index is -3.93. The normalized spacial score (nSPS) is 11.1. The van der Waals surface area contributed by atoms with Crippen molar-refractivity contribution in [2.45, 2.75) is 18.7 Å². The van der Waals surface area contributed by atoms with Crippen LogP contribution in [0.25, 0.3) is 5.82 Å². The molecule has 0 atom stereocenters. The van der Waals surface area contributed by atoms with E-state index in [1.807, 2.05) is 6.92 Å². The third-order valence-corrected chi connectivity index (χ3v) is 5.94. The standard InChI is InChI=1S/C23H23N5O5S/c1-3-31-19-9-10-20(32-4-2)21(15-19)34(29,30)27-17-5-7-18(8-6-17)33-23-12-11-22(25-26-23)28-14-13-24-16-28/h5-16,27H,3-4H2,1-2H3. The van der Waals surface area contributed by atoms with E-state index in [9.17, 15) is 8.42 Å². The first-order valence-electron chi connectivity index (χ1n) is 10.5. The summed E-state index contributed by atoms with van der Waals surface area (Å²) < 4.78 is 47.0. The number of rotatable bonds is 10. The van der Waals surface area contributed by atoms with Gasteiger partial charge in [-0.3, -0.25) is 9.29 Å². The first kappa shape index (κ1) is 23.1. The first-order valence-corrected chi connectivity index (χ1v) is 12.0. The van der Waals surface area contributed by atoms with Crippen molar-refractivity contribution in [2.24, 2.45) is 0 Å². The van der Waals surface area contributed by atoms with Gasteiger partial charge < -0.3 is 14.2 Å². The van der Waals surface area contributed by atoms with E-state index >= 15 is 0 Å². The summed E-state index contributed by atoms with van der Waals surface area (Å²) in [7, 11) is -3.93. The Kier molecular flexibility index (Phi) is 6.93. The molecule has 11 heteroatoms. The quantitative estimate of drug-likeness (QED) is 0.360. The molecule has 176 valence electrons. The Morgan fingerprint density at radius 3 is 2.32 bits per heavy atom. The number of nitrogens with zero attached hydrogens (tertiary/aromatic N) is 4. The van der Waals surface area contributed by atoms with E-state index in [1.54, 1.807) is 78.7 Å². The lowest BCUT2D eigenvalue weighted by Gasteiger charge is -2.14. The highest BCUT2D eigenvalue weighted by Crippen LogP contribution is 2.31. The van der Waals surface area contributed by atoms with Crippen molar-refractivity contribution in [3.63, 3.8) is 0 Å². The van der Waals surface area contributed by atoms with Gasteiger partial charge in [0.05, 0.1) is 13.2 Å². The zero-order valence-electron chi connectivity index (χ0n) is 18.6. The van der Waals surface area contributed by atoms with Crippen LogP contribution in [0.4, 0.5) is 5.69 Å². The van der Waals surface area contributed by atoms with Crippen molar-refractivity contribution in [1.82, 2.24) is 19.7 Å². The molecular formula is C23H23N5O5S. The van der Waals surface area contributed by atoms with Crippen LogP contribution in [0.5, 0.6) is 23.1 Å². The lowest BCUT2D eigenvalue weighted by molar-refractivity contribution is 0.322. The lowest BCUT2D eigenvalue weighted by Crippen LogP contribution is -2.14. The molecular weight excluding hydrogens is 458 g/mol. The summed E-state index contributed by atoms with van der Waals surface area (Å²) in [5.74, 6) is 2.06. The average molecular weight is 482 g/mol. The van der Waals surface area contributed by atoms with Crippen LogP contribution in [0.3, 0.4) is 0 Å². The molecule has 0 aliphatic rings. The van der Waals surface area contributed by atoms with Crippen LogP contribution < -0.4 is 18.9 Å². The molecule has 0 saturated carbocycles. The molecule has 0 amide bonds. The molecule has 2 aromatic carbocycles. The molecule has 0 fully saturated rings. The van der Waals surface area contributed by atoms with E-state index in [1.165, 1.54) is 6.07 Å². The fourth-order valence-electron chi connectivity index (χ4n) is 3.05. The van der Waals surface area contributed by atoms with E-state index in [2.05, 4.69) is 19.9 Å². The van der Waals surface area contributed by atoms with Crippen molar-refractivity contribution in [3.8, 4) is 28.9 Å². The van der Waals surface area contributed by atoms with E-state index in [4.69, 9.17) is 14.2 Å². The fourth-order valence-corrected chi connectivity index (χ4v) is 4.27. The highest BCUT2D eigenvalue weighted by atomic mass is 32.2. The number of nitrogens with one attached hydrogen (secondary N) is 1. The van der Waals surface area contributed by atoms with Crippen LogP contribution >= 0.6 is 0 Å². The maximum Gasteiger partial charge on any atom is 0.265 e. The molecule has 2 heterocycles. The Balaban J connectivity index is 1.47. The molecule has 0 spiro atoms. The Bertz CT molecular complexity index is 1330. The summed E-state index contributed by atoms with van der Waals surface area (Å²) in [4.78, 5) is 3.96. The van der Waals surface area contributed by atoms with Gasteiger partial charge in [-0.15, -0.1) is 10.2 Å². The first-order chi connectivity index (χ1) is 16.5. The zero-order valence-corrected chi connectivity index (χ0v) is 19.4. The molecule has 10 nitrogen and oxygen atoms in total. The Morgan fingerprint density at radius 1 is 0.912 bits per heavy atom. The van der Waals surface area contributed by atoms with Gasteiger partial charge in [0, 0.05) is 30.2 Å². The van der Waals surface area contributed by atoms with Crippen molar-refractivity contribution in [1.29, 1.82) is 0 Å². The molecule has 0 aliphatic carbocycles. The summed E-state index contributed by atoms with van der Waals surface area (Å²) in [5, 5.41) is 8.14. The second kappa shape index (κ2) is 10.2. The van der Waals surface area contributed by atoms with E-state index in [-0.39, 0.29) is 10.6 Å². The molecule has 0 radical (unpaired) electrons. The van der Waals surface area contributed by atoms with Crippen molar-refractivity contribution in [3.05, 3.63) is 73.3 Å².